The molecule has 0 radical (unpaired) electrons. The van der Waals surface area contributed by atoms with Crippen molar-refractivity contribution >= 4 is 24.1 Å². The van der Waals surface area contributed by atoms with E-state index in [0.717, 1.165) is 0 Å². The molecule has 0 fully saturated rings. The van der Waals surface area contributed by atoms with Gasteiger partial charge in [0.1, 0.15) is 17.7 Å². The zero-order chi connectivity index (χ0) is 30.9. The Morgan fingerprint density at radius 1 is 0.875 bits per heavy atom. The molecule has 0 aliphatic heterocycles. The number of hydrogen-bond donors (Lipinski definition) is 2. The Morgan fingerprint density at radius 2 is 1.40 bits per heavy atom. The summed E-state index contributed by atoms with van der Waals surface area (Å²) < 4.78 is 21.6. The van der Waals surface area contributed by atoms with Gasteiger partial charge >= 0.3 is 24.1 Å². The summed E-state index contributed by atoms with van der Waals surface area (Å²) in [6, 6.07) is 3.57. The van der Waals surface area contributed by atoms with E-state index >= 15 is 0 Å². The molecule has 40 heavy (non-hydrogen) atoms. The monoisotopic (exact) mass is 565 g/mol. The highest BCUT2D eigenvalue weighted by Crippen LogP contribution is 2.32. The highest BCUT2D eigenvalue weighted by Gasteiger charge is 2.26. The van der Waals surface area contributed by atoms with Crippen LogP contribution in [-0.2, 0) is 30.3 Å². The van der Waals surface area contributed by atoms with Gasteiger partial charge in [-0.25, -0.2) is 4.79 Å². The van der Waals surface area contributed by atoms with E-state index in [9.17, 15) is 24.3 Å². The Labute approximate surface area is 238 Å². The highest BCUT2D eigenvalue weighted by atomic mass is 16.7. The fourth-order valence-electron chi connectivity index (χ4n) is 3.35. The summed E-state index contributed by atoms with van der Waals surface area (Å²) in [4.78, 5) is 49.1. The van der Waals surface area contributed by atoms with Crippen molar-refractivity contribution in [3.63, 3.8) is 0 Å². The topological polar surface area (TPSA) is 137 Å². The second-order valence-corrected chi connectivity index (χ2v) is 13.1. The van der Waals surface area contributed by atoms with Crippen molar-refractivity contribution in [2.75, 3.05) is 6.54 Å². The first-order valence-corrected chi connectivity index (χ1v) is 13.6. The molecular formula is C30H47NO9. The summed E-state index contributed by atoms with van der Waals surface area (Å²) in [6.45, 7) is 18.5. The van der Waals surface area contributed by atoms with Crippen LogP contribution in [0, 0.1) is 10.8 Å². The Balaban J connectivity index is 3.04. The summed E-state index contributed by atoms with van der Waals surface area (Å²) in [6.07, 6.45) is -0.569. The van der Waals surface area contributed by atoms with Gasteiger partial charge in [-0.3, -0.25) is 14.4 Å². The third-order valence-electron chi connectivity index (χ3n) is 5.70. The smallest absolute Gasteiger partial charge is 0.480 e. The zero-order valence-electron chi connectivity index (χ0n) is 25.6. The minimum Gasteiger partial charge on any atom is -0.480 e. The van der Waals surface area contributed by atoms with Crippen LogP contribution in [0.25, 0.3) is 0 Å². The van der Waals surface area contributed by atoms with Crippen LogP contribution in [-0.4, -0.2) is 53.5 Å². The van der Waals surface area contributed by atoms with Gasteiger partial charge < -0.3 is 29.4 Å². The molecule has 0 saturated heterocycles. The fraction of sp³-hybridized carbons (Fsp3) is 0.667. The molecule has 1 aromatic carbocycles. The van der Waals surface area contributed by atoms with E-state index in [2.05, 4.69) is 5.32 Å². The van der Waals surface area contributed by atoms with E-state index < -0.39 is 41.8 Å². The molecule has 10 heteroatoms. The maximum Gasteiger partial charge on any atom is 0.509 e. The van der Waals surface area contributed by atoms with E-state index in [1.165, 1.54) is 12.1 Å². The number of carboxylic acids is 1. The van der Waals surface area contributed by atoms with Gasteiger partial charge in [-0.2, -0.15) is 0 Å². The van der Waals surface area contributed by atoms with Crippen LogP contribution < -0.4 is 14.8 Å². The highest BCUT2D eigenvalue weighted by molar-refractivity contribution is 5.77. The van der Waals surface area contributed by atoms with Crippen LogP contribution in [0.3, 0.4) is 0 Å². The van der Waals surface area contributed by atoms with E-state index in [1.807, 2.05) is 48.5 Å². The van der Waals surface area contributed by atoms with E-state index in [-0.39, 0.29) is 48.1 Å². The standard InChI is InChI=1S/C30H47NO9/c1-11-30(9,10)40-27(36)37-19(2)18-31-21(26(34)35)14-20-12-13-22(38-24(32)16-28(3,4)5)23(15-20)39-25(33)17-29(6,7)8/h12-13,15,19,21,31H,11,14,16-18H2,1-10H3,(H,34,35)/t19?,21-/m0/s1. The number of carboxylic acid groups (broad SMARTS) is 1. The number of esters is 2. The van der Waals surface area contributed by atoms with Crippen LogP contribution in [0.4, 0.5) is 4.79 Å². The molecule has 1 rings (SSSR count). The molecule has 0 aromatic heterocycles. The number of nitrogens with one attached hydrogen (secondary N) is 1. The SMILES string of the molecule is CCC(C)(C)OC(=O)OC(C)CN[C@@H](Cc1ccc(OC(=O)CC(C)(C)C)c(OC(=O)CC(C)(C)C)c1)C(=O)O. The maximum atomic E-state index is 12.6. The average molecular weight is 566 g/mol. The molecule has 2 N–H and O–H groups in total. The Kier molecular flexibility index (Phi) is 12.6. The lowest BCUT2D eigenvalue weighted by Crippen LogP contribution is -2.43. The molecule has 226 valence electrons. The Morgan fingerprint density at radius 3 is 1.88 bits per heavy atom. The van der Waals surface area contributed by atoms with Crippen LogP contribution in [0.1, 0.15) is 94.1 Å². The van der Waals surface area contributed by atoms with Gasteiger partial charge in [0.25, 0.3) is 0 Å². The van der Waals surface area contributed by atoms with Gasteiger partial charge in [-0.1, -0.05) is 54.5 Å². The molecular weight excluding hydrogens is 518 g/mol. The van der Waals surface area contributed by atoms with Gasteiger partial charge in [-0.05, 0) is 62.1 Å². The molecule has 0 saturated carbocycles. The Bertz CT molecular complexity index is 1030. The van der Waals surface area contributed by atoms with Crippen molar-refractivity contribution in [3.8, 4) is 11.5 Å². The minimum atomic E-state index is -1.12. The zero-order valence-corrected chi connectivity index (χ0v) is 25.6. The quantitative estimate of drug-likeness (QED) is 0.227. The molecule has 2 atom stereocenters. The number of aliphatic carboxylic acids is 1. The largest absolute Gasteiger partial charge is 0.509 e. The van der Waals surface area contributed by atoms with Crippen molar-refractivity contribution < 1.29 is 43.2 Å². The normalized spacial score (nSPS) is 13.7. The third-order valence-corrected chi connectivity index (χ3v) is 5.70. The lowest BCUT2D eigenvalue weighted by atomic mass is 9.92. The lowest BCUT2D eigenvalue weighted by Gasteiger charge is -2.24. The van der Waals surface area contributed by atoms with Crippen molar-refractivity contribution in [2.45, 2.75) is 113 Å². The maximum absolute atomic E-state index is 12.6. The first-order valence-electron chi connectivity index (χ1n) is 13.6. The number of ether oxygens (including phenoxy) is 4. The van der Waals surface area contributed by atoms with Crippen molar-refractivity contribution in [3.05, 3.63) is 23.8 Å². The summed E-state index contributed by atoms with van der Waals surface area (Å²) in [7, 11) is 0. The fourth-order valence-corrected chi connectivity index (χ4v) is 3.35. The number of carbonyl (C=O) groups is 4. The molecule has 0 heterocycles. The van der Waals surface area contributed by atoms with E-state index in [0.29, 0.717) is 12.0 Å². The summed E-state index contributed by atoms with van der Waals surface area (Å²) in [5.74, 6) is -1.98. The molecule has 0 bridgehead atoms. The van der Waals surface area contributed by atoms with Crippen LogP contribution in [0.5, 0.6) is 11.5 Å². The predicted octanol–water partition coefficient (Wildman–Crippen LogP) is 5.69. The number of carbonyl (C=O) groups excluding carboxylic acids is 3. The number of rotatable bonds is 13. The first kappa shape index (κ1) is 34.9. The summed E-state index contributed by atoms with van der Waals surface area (Å²) in [5, 5.41) is 12.7. The van der Waals surface area contributed by atoms with E-state index in [1.54, 1.807) is 26.8 Å². The molecule has 0 spiro atoms. The third kappa shape index (κ3) is 14.3. The van der Waals surface area contributed by atoms with Gasteiger partial charge in [0, 0.05) is 6.54 Å². The second kappa shape index (κ2) is 14.5. The molecule has 1 aromatic rings. The van der Waals surface area contributed by atoms with Gasteiger partial charge in [0.05, 0.1) is 12.8 Å². The first-order chi connectivity index (χ1) is 18.2. The second-order valence-electron chi connectivity index (χ2n) is 13.1. The molecule has 0 aliphatic carbocycles. The van der Waals surface area contributed by atoms with Gasteiger partial charge in [0.2, 0.25) is 0 Å². The molecule has 0 aliphatic rings. The van der Waals surface area contributed by atoms with Crippen molar-refractivity contribution in [1.29, 1.82) is 0 Å². The number of benzene rings is 1. The van der Waals surface area contributed by atoms with Crippen molar-refractivity contribution in [1.82, 2.24) is 5.32 Å². The van der Waals surface area contributed by atoms with E-state index in [4.69, 9.17) is 18.9 Å². The lowest BCUT2D eigenvalue weighted by molar-refractivity contribution is -0.139. The Hall–Kier alpha value is -3.14. The molecule has 1 unspecified atom stereocenters. The van der Waals surface area contributed by atoms with Gasteiger partial charge in [0.15, 0.2) is 11.5 Å². The average Bonchev–Trinajstić information content (AvgIpc) is 2.74. The minimum absolute atomic E-state index is 0.0232. The number of hydrogen-bond acceptors (Lipinski definition) is 9. The summed E-state index contributed by atoms with van der Waals surface area (Å²) >= 11 is 0. The molecule has 0 amide bonds. The van der Waals surface area contributed by atoms with Crippen molar-refractivity contribution in [2.24, 2.45) is 10.8 Å². The predicted molar refractivity (Wildman–Crippen MR) is 150 cm³/mol. The summed E-state index contributed by atoms with van der Waals surface area (Å²) in [5.41, 5.74) is -0.765. The van der Waals surface area contributed by atoms with Gasteiger partial charge in [-0.15, -0.1) is 0 Å². The molecule has 10 nitrogen and oxygen atoms in total. The van der Waals surface area contributed by atoms with Crippen LogP contribution in [0.2, 0.25) is 0 Å². The van der Waals surface area contributed by atoms with Crippen LogP contribution in [0.15, 0.2) is 18.2 Å². The van der Waals surface area contributed by atoms with Crippen LogP contribution >= 0.6 is 0 Å².